The first kappa shape index (κ1) is 21.8. The van der Waals surface area contributed by atoms with Crippen molar-refractivity contribution in [2.45, 2.75) is 29.6 Å². The minimum absolute atomic E-state index is 0.0746. The van der Waals surface area contributed by atoms with Crippen molar-refractivity contribution in [3.05, 3.63) is 78.3 Å². The molecular weight excluding hydrogens is 460 g/mol. The molecule has 1 aliphatic heterocycles. The van der Waals surface area contributed by atoms with Gasteiger partial charge in [-0.1, -0.05) is 41.7 Å². The van der Waals surface area contributed by atoms with Crippen LogP contribution in [0.4, 0.5) is 5.13 Å². The Morgan fingerprint density at radius 1 is 1.06 bits per heavy atom. The van der Waals surface area contributed by atoms with Crippen molar-refractivity contribution in [1.82, 2.24) is 4.98 Å². The van der Waals surface area contributed by atoms with Gasteiger partial charge in [0.05, 0.1) is 27.8 Å². The number of para-hydroxylation sites is 1. The molecule has 7 nitrogen and oxygen atoms in total. The lowest BCUT2D eigenvalue weighted by atomic mass is 10.2. The maximum absolute atomic E-state index is 13.5. The summed E-state index contributed by atoms with van der Waals surface area (Å²) in [5.74, 6) is -0.404. The molecule has 1 saturated heterocycles. The molecule has 3 heterocycles. The van der Waals surface area contributed by atoms with Crippen molar-refractivity contribution in [2.75, 3.05) is 18.1 Å². The Morgan fingerprint density at radius 2 is 1.85 bits per heavy atom. The minimum Gasteiger partial charge on any atom is -0.455 e. The molecule has 0 aliphatic carbocycles. The molecule has 9 heteroatoms. The van der Waals surface area contributed by atoms with Crippen LogP contribution in [0.15, 0.2) is 76.0 Å². The number of thiazole rings is 1. The number of fused-ring (bicyclic) bond motifs is 1. The number of hydrogen-bond acceptors (Lipinski definition) is 7. The van der Waals surface area contributed by atoms with Crippen LogP contribution in [0.1, 0.15) is 29.2 Å². The van der Waals surface area contributed by atoms with E-state index in [0.29, 0.717) is 18.3 Å². The maximum Gasteiger partial charge on any atom is 0.295 e. The largest absolute Gasteiger partial charge is 0.455 e. The van der Waals surface area contributed by atoms with Crippen molar-refractivity contribution in [2.24, 2.45) is 0 Å². The van der Waals surface area contributed by atoms with Crippen LogP contribution in [-0.4, -0.2) is 38.6 Å². The number of furan rings is 1. The molecule has 1 aliphatic rings. The van der Waals surface area contributed by atoms with E-state index in [1.54, 1.807) is 35.2 Å². The molecule has 1 amide bonds. The molecule has 2 aromatic heterocycles. The normalized spacial score (nSPS) is 16.3. The van der Waals surface area contributed by atoms with Gasteiger partial charge in [0.2, 0.25) is 0 Å². The van der Waals surface area contributed by atoms with Gasteiger partial charge in [-0.25, -0.2) is 13.4 Å². The van der Waals surface area contributed by atoms with E-state index in [1.165, 1.54) is 23.5 Å². The van der Waals surface area contributed by atoms with Gasteiger partial charge in [-0.2, -0.15) is 0 Å². The monoisotopic (exact) mass is 482 g/mol. The Labute approximate surface area is 195 Å². The molecule has 0 radical (unpaired) electrons. The number of hydrogen-bond donors (Lipinski definition) is 0. The predicted molar refractivity (Wildman–Crippen MR) is 126 cm³/mol. The van der Waals surface area contributed by atoms with Gasteiger partial charge in [0.25, 0.3) is 5.91 Å². The lowest BCUT2D eigenvalue weighted by Gasteiger charge is -2.22. The second kappa shape index (κ2) is 9.09. The third kappa shape index (κ3) is 4.71. The molecule has 0 spiro atoms. The van der Waals surface area contributed by atoms with Gasteiger partial charge in [-0.15, -0.1) is 0 Å². The van der Waals surface area contributed by atoms with Gasteiger partial charge in [-0.05, 0) is 49.2 Å². The van der Waals surface area contributed by atoms with Gasteiger partial charge in [0, 0.05) is 6.61 Å². The molecule has 0 bridgehead atoms. The molecule has 170 valence electrons. The average Bonchev–Trinajstić information content (AvgIpc) is 3.58. The average molecular weight is 483 g/mol. The van der Waals surface area contributed by atoms with Crippen LogP contribution in [-0.2, 0) is 20.3 Å². The fourth-order valence-electron chi connectivity index (χ4n) is 3.82. The number of benzene rings is 2. The second-order valence-electron chi connectivity index (χ2n) is 7.85. The zero-order valence-electron chi connectivity index (χ0n) is 17.7. The molecule has 1 unspecified atom stereocenters. The Morgan fingerprint density at radius 3 is 2.61 bits per heavy atom. The van der Waals surface area contributed by atoms with Gasteiger partial charge >= 0.3 is 0 Å². The van der Waals surface area contributed by atoms with Crippen molar-refractivity contribution < 1.29 is 22.4 Å². The van der Waals surface area contributed by atoms with Gasteiger partial charge in [0.15, 0.2) is 20.7 Å². The standard InChI is InChI=1S/C24H22N2O5S2/c27-23(21-13-12-18(31-21)16-33(28,29)19-8-2-1-3-9-19)26(15-17-7-6-14-30-17)24-25-20-10-4-5-11-22(20)32-24/h1-5,8-13,17H,6-7,14-16H2. The molecule has 1 fully saturated rings. The summed E-state index contributed by atoms with van der Waals surface area (Å²) in [7, 11) is -3.58. The van der Waals surface area contributed by atoms with Crippen LogP contribution in [0.25, 0.3) is 10.2 Å². The van der Waals surface area contributed by atoms with Crippen molar-refractivity contribution in [3.63, 3.8) is 0 Å². The van der Waals surface area contributed by atoms with E-state index < -0.39 is 9.84 Å². The van der Waals surface area contributed by atoms with Crippen LogP contribution in [0.5, 0.6) is 0 Å². The van der Waals surface area contributed by atoms with Crippen LogP contribution < -0.4 is 4.90 Å². The Kier molecular flexibility index (Phi) is 6.01. The number of carbonyl (C=O) groups is 1. The van der Waals surface area contributed by atoms with Gasteiger partial charge in [-0.3, -0.25) is 9.69 Å². The van der Waals surface area contributed by atoms with Crippen LogP contribution >= 0.6 is 11.3 Å². The van der Waals surface area contributed by atoms with E-state index >= 15 is 0 Å². The summed E-state index contributed by atoms with van der Waals surface area (Å²) in [5.41, 5.74) is 0.816. The highest BCUT2D eigenvalue weighted by Crippen LogP contribution is 2.31. The molecular formula is C24H22N2O5S2. The highest BCUT2D eigenvalue weighted by molar-refractivity contribution is 7.90. The summed E-state index contributed by atoms with van der Waals surface area (Å²) >= 11 is 1.43. The van der Waals surface area contributed by atoms with Gasteiger partial charge < -0.3 is 9.15 Å². The Bertz CT molecular complexity index is 1340. The molecule has 2 aromatic carbocycles. The van der Waals surface area contributed by atoms with E-state index in [2.05, 4.69) is 4.98 Å². The van der Waals surface area contributed by atoms with E-state index in [-0.39, 0.29) is 34.2 Å². The SMILES string of the molecule is O=C(c1ccc(CS(=O)(=O)c2ccccc2)o1)N(CC1CCCO1)c1nc2ccccc2s1. The van der Waals surface area contributed by atoms with Crippen LogP contribution in [0, 0.1) is 0 Å². The zero-order valence-corrected chi connectivity index (χ0v) is 19.3. The summed E-state index contributed by atoms with van der Waals surface area (Å²) < 4.78 is 37.8. The molecule has 4 aromatic rings. The van der Waals surface area contributed by atoms with Crippen molar-refractivity contribution >= 4 is 42.4 Å². The predicted octanol–water partition coefficient (Wildman–Crippen LogP) is 4.69. The molecule has 5 rings (SSSR count). The highest BCUT2D eigenvalue weighted by Gasteiger charge is 2.29. The lowest BCUT2D eigenvalue weighted by molar-refractivity contribution is 0.0893. The number of ether oxygens (including phenoxy) is 1. The lowest BCUT2D eigenvalue weighted by Crippen LogP contribution is -2.37. The summed E-state index contributed by atoms with van der Waals surface area (Å²) in [6, 6.07) is 19.0. The molecule has 0 N–H and O–H groups in total. The van der Waals surface area contributed by atoms with Crippen molar-refractivity contribution in [3.8, 4) is 0 Å². The molecule has 1 atom stereocenters. The third-order valence-electron chi connectivity index (χ3n) is 5.48. The van der Waals surface area contributed by atoms with E-state index in [9.17, 15) is 13.2 Å². The fourth-order valence-corrected chi connectivity index (χ4v) is 6.06. The topological polar surface area (TPSA) is 89.7 Å². The third-order valence-corrected chi connectivity index (χ3v) is 8.19. The van der Waals surface area contributed by atoms with E-state index in [0.717, 1.165) is 23.1 Å². The first-order chi connectivity index (χ1) is 16.0. The number of amides is 1. The number of carbonyl (C=O) groups excluding carboxylic acids is 1. The van der Waals surface area contributed by atoms with Crippen LogP contribution in [0.3, 0.4) is 0 Å². The first-order valence-electron chi connectivity index (χ1n) is 10.7. The smallest absolute Gasteiger partial charge is 0.295 e. The number of sulfone groups is 1. The molecule has 0 saturated carbocycles. The Hall–Kier alpha value is -3.01. The summed E-state index contributed by atoms with van der Waals surface area (Å²) in [6.45, 7) is 1.03. The molecule has 33 heavy (non-hydrogen) atoms. The highest BCUT2D eigenvalue weighted by atomic mass is 32.2. The first-order valence-corrected chi connectivity index (χ1v) is 13.1. The summed E-state index contributed by atoms with van der Waals surface area (Å²) in [5, 5.41) is 0.562. The second-order valence-corrected chi connectivity index (χ2v) is 10.9. The van der Waals surface area contributed by atoms with Gasteiger partial charge in [0.1, 0.15) is 11.5 Å². The summed E-state index contributed by atoms with van der Waals surface area (Å²) in [6.07, 6.45) is 1.75. The van der Waals surface area contributed by atoms with Crippen LogP contribution in [0.2, 0.25) is 0 Å². The van der Waals surface area contributed by atoms with Crippen molar-refractivity contribution in [1.29, 1.82) is 0 Å². The minimum atomic E-state index is -3.58. The van der Waals surface area contributed by atoms with E-state index in [4.69, 9.17) is 9.15 Å². The Balaban J connectivity index is 1.41. The zero-order chi connectivity index (χ0) is 22.8. The summed E-state index contributed by atoms with van der Waals surface area (Å²) in [4.78, 5) is 19.9. The quantitative estimate of drug-likeness (QED) is 0.380. The number of aromatic nitrogens is 1. The number of nitrogens with zero attached hydrogens (tertiary/aromatic N) is 2. The number of rotatable bonds is 7. The number of anilines is 1. The van der Waals surface area contributed by atoms with E-state index in [1.807, 2.05) is 24.3 Å². The maximum atomic E-state index is 13.5. The fraction of sp³-hybridized carbons (Fsp3) is 0.250.